The summed E-state index contributed by atoms with van der Waals surface area (Å²) < 4.78 is 11.1. The van der Waals surface area contributed by atoms with Gasteiger partial charge in [0.2, 0.25) is 17.7 Å². The molecule has 0 radical (unpaired) electrons. The second-order valence-corrected chi connectivity index (χ2v) is 13.8. The molecule has 3 amide bonds. The Labute approximate surface area is 271 Å². The maximum absolute atomic E-state index is 12.6. The van der Waals surface area contributed by atoms with Gasteiger partial charge in [-0.05, 0) is 78.6 Å². The molecule has 5 N–H and O–H groups in total. The molecule has 46 heavy (non-hydrogen) atoms. The standard InChI is InChI=1S/C34H48N4O8/c1-32(2,3)30(43)45-25-15-14-23(17-26(25)46-31(44)33(4,5)6)24(39)18-38-34(7,8)21-37-29(42)20-36-28(41)19-35-27(40)16-22-12-10-9-11-13-22/h9-15,17,24,38-39H,16,18-21H2,1-8H3,(H,35,40)(H,36,41)(H,37,42). The van der Waals surface area contributed by atoms with Crippen molar-refractivity contribution >= 4 is 29.7 Å². The van der Waals surface area contributed by atoms with Crippen LogP contribution in [0.1, 0.15) is 72.6 Å². The number of hydrogen-bond donors (Lipinski definition) is 5. The third-order valence-corrected chi connectivity index (χ3v) is 6.58. The second kappa shape index (κ2) is 16.3. The first-order valence-corrected chi connectivity index (χ1v) is 15.1. The Hall–Kier alpha value is -4.29. The minimum atomic E-state index is -1.04. The molecule has 0 aromatic heterocycles. The Morgan fingerprint density at radius 1 is 0.696 bits per heavy atom. The van der Waals surface area contributed by atoms with E-state index in [1.165, 1.54) is 12.1 Å². The number of carbonyl (C=O) groups excluding carboxylic acids is 5. The zero-order chi connectivity index (χ0) is 34.7. The highest BCUT2D eigenvalue weighted by atomic mass is 16.6. The van der Waals surface area contributed by atoms with Crippen LogP contribution in [0.25, 0.3) is 0 Å². The van der Waals surface area contributed by atoms with Gasteiger partial charge in [-0.25, -0.2) is 0 Å². The predicted octanol–water partition coefficient (Wildman–Crippen LogP) is 2.58. The lowest BCUT2D eigenvalue weighted by Gasteiger charge is -2.28. The molecule has 2 aromatic rings. The monoisotopic (exact) mass is 640 g/mol. The first-order valence-electron chi connectivity index (χ1n) is 15.1. The van der Waals surface area contributed by atoms with Gasteiger partial charge in [0.15, 0.2) is 11.5 Å². The molecule has 2 rings (SSSR count). The lowest BCUT2D eigenvalue weighted by atomic mass is 9.97. The van der Waals surface area contributed by atoms with Crippen LogP contribution in [0.15, 0.2) is 48.5 Å². The number of amides is 3. The highest BCUT2D eigenvalue weighted by Gasteiger charge is 2.29. The van der Waals surface area contributed by atoms with Crippen molar-refractivity contribution < 1.29 is 38.6 Å². The number of esters is 2. The first kappa shape index (κ1) is 37.9. The minimum absolute atomic E-state index is 0.0124. The first-order chi connectivity index (χ1) is 21.3. The molecule has 1 unspecified atom stereocenters. The SMILES string of the molecule is CC(C)(CNC(=O)CNC(=O)CNC(=O)Cc1ccccc1)NCC(O)c1ccc(OC(=O)C(C)(C)C)c(OC(=O)C(C)(C)C)c1. The van der Waals surface area contributed by atoms with Crippen molar-refractivity contribution in [3.63, 3.8) is 0 Å². The fourth-order valence-electron chi connectivity index (χ4n) is 3.60. The van der Waals surface area contributed by atoms with Gasteiger partial charge in [-0.1, -0.05) is 36.4 Å². The van der Waals surface area contributed by atoms with Crippen LogP contribution >= 0.6 is 0 Å². The van der Waals surface area contributed by atoms with Crippen LogP contribution < -0.4 is 30.7 Å². The number of carbonyl (C=O) groups is 5. The molecule has 252 valence electrons. The molecule has 0 aliphatic heterocycles. The smallest absolute Gasteiger partial charge is 0.316 e. The molecule has 2 aromatic carbocycles. The van der Waals surface area contributed by atoms with Crippen molar-refractivity contribution in [3.05, 3.63) is 59.7 Å². The summed E-state index contributed by atoms with van der Waals surface area (Å²) in [5, 5.41) is 21.8. The Morgan fingerprint density at radius 3 is 1.78 bits per heavy atom. The lowest BCUT2D eigenvalue weighted by molar-refractivity contribution is -0.145. The number of β-amino-alcohol motifs (C(OH)–C–C–N with tert-alkyl or cyclic N) is 1. The van der Waals surface area contributed by atoms with Gasteiger partial charge in [0.1, 0.15) is 0 Å². The Morgan fingerprint density at radius 2 is 1.22 bits per heavy atom. The van der Waals surface area contributed by atoms with Crippen molar-refractivity contribution in [2.75, 3.05) is 26.2 Å². The number of rotatable bonds is 14. The Kier molecular flexibility index (Phi) is 13.4. The van der Waals surface area contributed by atoms with Crippen molar-refractivity contribution in [2.24, 2.45) is 10.8 Å². The molecule has 0 fully saturated rings. The van der Waals surface area contributed by atoms with Crippen LogP contribution in [0.2, 0.25) is 0 Å². The Balaban J connectivity index is 1.88. The average molecular weight is 641 g/mol. The molecule has 0 saturated carbocycles. The zero-order valence-electron chi connectivity index (χ0n) is 28.0. The summed E-state index contributed by atoms with van der Waals surface area (Å²) in [7, 11) is 0. The fraction of sp³-hybridized carbons (Fsp3) is 0.500. The topological polar surface area (TPSA) is 172 Å². The van der Waals surface area contributed by atoms with E-state index in [0.717, 1.165) is 5.56 Å². The molecule has 0 bridgehead atoms. The van der Waals surface area contributed by atoms with E-state index in [4.69, 9.17) is 9.47 Å². The van der Waals surface area contributed by atoms with Gasteiger partial charge in [-0.15, -0.1) is 0 Å². The fourth-order valence-corrected chi connectivity index (χ4v) is 3.60. The van der Waals surface area contributed by atoms with Crippen LogP contribution in [0, 0.1) is 10.8 Å². The van der Waals surface area contributed by atoms with Crippen molar-refractivity contribution in [3.8, 4) is 11.5 Å². The summed E-state index contributed by atoms with van der Waals surface area (Å²) in [4.78, 5) is 61.6. The van der Waals surface area contributed by atoms with E-state index >= 15 is 0 Å². The average Bonchev–Trinajstić information content (AvgIpc) is 2.97. The molecule has 0 spiro atoms. The van der Waals surface area contributed by atoms with E-state index in [-0.39, 0.29) is 50.0 Å². The number of aliphatic hydroxyl groups excluding tert-OH is 1. The van der Waals surface area contributed by atoms with Crippen LogP contribution in [0.4, 0.5) is 0 Å². The quantitative estimate of drug-likeness (QED) is 0.154. The van der Waals surface area contributed by atoms with Crippen LogP contribution in [-0.2, 0) is 30.4 Å². The van der Waals surface area contributed by atoms with E-state index in [0.29, 0.717) is 5.56 Å². The van der Waals surface area contributed by atoms with Gasteiger partial charge < -0.3 is 35.8 Å². The van der Waals surface area contributed by atoms with Gasteiger partial charge >= 0.3 is 11.9 Å². The molecular weight excluding hydrogens is 592 g/mol. The number of hydrogen-bond acceptors (Lipinski definition) is 9. The van der Waals surface area contributed by atoms with Gasteiger partial charge in [0, 0.05) is 18.6 Å². The normalized spacial score (nSPS) is 12.5. The highest BCUT2D eigenvalue weighted by Crippen LogP contribution is 2.34. The van der Waals surface area contributed by atoms with E-state index in [2.05, 4.69) is 21.3 Å². The molecule has 0 saturated heterocycles. The zero-order valence-corrected chi connectivity index (χ0v) is 28.0. The third kappa shape index (κ3) is 13.4. The maximum atomic E-state index is 12.6. The van der Waals surface area contributed by atoms with Gasteiger partial charge in [0.25, 0.3) is 0 Å². The molecule has 1 atom stereocenters. The largest absolute Gasteiger partial charge is 0.422 e. The molecule has 12 nitrogen and oxygen atoms in total. The van der Waals surface area contributed by atoms with Crippen LogP contribution in [0.3, 0.4) is 0 Å². The summed E-state index contributed by atoms with van der Waals surface area (Å²) in [6, 6.07) is 13.6. The van der Waals surface area contributed by atoms with Crippen molar-refractivity contribution in [1.82, 2.24) is 21.3 Å². The molecule has 12 heteroatoms. The van der Waals surface area contributed by atoms with Gasteiger partial charge in [-0.2, -0.15) is 0 Å². The van der Waals surface area contributed by atoms with Crippen LogP contribution in [0.5, 0.6) is 11.5 Å². The third-order valence-electron chi connectivity index (χ3n) is 6.58. The lowest BCUT2D eigenvalue weighted by Crippen LogP contribution is -2.51. The summed E-state index contributed by atoms with van der Waals surface area (Å²) in [6.45, 7) is 13.6. The molecular formula is C34H48N4O8. The van der Waals surface area contributed by atoms with E-state index < -0.39 is 46.2 Å². The molecule has 0 aliphatic carbocycles. The molecule has 0 aliphatic rings. The van der Waals surface area contributed by atoms with Crippen LogP contribution in [-0.4, -0.2) is 66.5 Å². The van der Waals surface area contributed by atoms with E-state index in [1.807, 2.05) is 44.2 Å². The molecule has 0 heterocycles. The van der Waals surface area contributed by atoms with E-state index in [9.17, 15) is 29.1 Å². The van der Waals surface area contributed by atoms with Crippen molar-refractivity contribution in [2.45, 2.75) is 73.5 Å². The minimum Gasteiger partial charge on any atom is -0.422 e. The summed E-state index contributed by atoms with van der Waals surface area (Å²) in [5.41, 5.74) is -1.03. The summed E-state index contributed by atoms with van der Waals surface area (Å²) in [6.07, 6.45) is -0.888. The summed E-state index contributed by atoms with van der Waals surface area (Å²) in [5.74, 6) is -2.20. The Bertz CT molecular complexity index is 1380. The van der Waals surface area contributed by atoms with E-state index in [1.54, 1.807) is 47.6 Å². The number of ether oxygens (including phenoxy) is 2. The van der Waals surface area contributed by atoms with Gasteiger partial charge in [0.05, 0.1) is 36.4 Å². The van der Waals surface area contributed by atoms with Gasteiger partial charge in [-0.3, -0.25) is 24.0 Å². The maximum Gasteiger partial charge on any atom is 0.316 e. The van der Waals surface area contributed by atoms with Crippen molar-refractivity contribution in [1.29, 1.82) is 0 Å². The highest BCUT2D eigenvalue weighted by molar-refractivity contribution is 5.88. The number of benzene rings is 2. The summed E-state index contributed by atoms with van der Waals surface area (Å²) >= 11 is 0. The number of nitrogens with one attached hydrogen (secondary N) is 4. The predicted molar refractivity (Wildman–Crippen MR) is 173 cm³/mol. The number of aliphatic hydroxyl groups is 1. The second-order valence-electron chi connectivity index (χ2n) is 13.8.